The Morgan fingerprint density at radius 3 is 2.05 bits per heavy atom. The van der Waals surface area contributed by atoms with E-state index in [1.807, 2.05) is 42.5 Å². The molecule has 0 aliphatic heterocycles. The highest BCUT2D eigenvalue weighted by Crippen LogP contribution is 2.34. The molecule has 0 bridgehead atoms. The van der Waals surface area contributed by atoms with Gasteiger partial charge in [0.1, 0.15) is 12.1 Å². The molecule has 0 radical (unpaired) electrons. The Morgan fingerprint density at radius 1 is 1.11 bits per heavy atom. The quantitative estimate of drug-likeness (QED) is 0.646. The maximum absolute atomic E-state index is 8.84. The van der Waals surface area contributed by atoms with Crippen molar-refractivity contribution in [1.82, 2.24) is 0 Å². The van der Waals surface area contributed by atoms with Gasteiger partial charge in [-0.25, -0.2) is 0 Å². The maximum Gasteiger partial charge on any atom is 0.152 e. The lowest BCUT2D eigenvalue weighted by molar-refractivity contribution is 0.566. The molecule has 0 atom stereocenters. The van der Waals surface area contributed by atoms with Gasteiger partial charge in [0.05, 0.1) is 5.70 Å². The van der Waals surface area contributed by atoms with Gasteiger partial charge in [0, 0.05) is 0 Å². The van der Waals surface area contributed by atoms with Crippen LogP contribution in [0.4, 0.5) is 0 Å². The van der Waals surface area contributed by atoms with E-state index < -0.39 is 0 Å². The van der Waals surface area contributed by atoms with E-state index in [-0.39, 0.29) is 16.7 Å². The first-order chi connectivity index (χ1) is 8.90. The van der Waals surface area contributed by atoms with Gasteiger partial charge in [-0.05, 0) is 22.6 Å². The van der Waals surface area contributed by atoms with Crippen molar-refractivity contribution in [1.29, 1.82) is 10.5 Å². The summed E-state index contributed by atoms with van der Waals surface area (Å²) in [5.41, 5.74) is 7.87. The van der Waals surface area contributed by atoms with E-state index >= 15 is 0 Å². The molecule has 0 saturated carbocycles. The van der Waals surface area contributed by atoms with Crippen LogP contribution in [0, 0.1) is 28.1 Å². The number of nitrogens with two attached hydrogens (primary N) is 1. The fraction of sp³-hybridized carbons (Fsp3) is 0.250. The molecular formula is C16H17N3. The van der Waals surface area contributed by atoms with Crippen LogP contribution < -0.4 is 5.73 Å². The van der Waals surface area contributed by atoms with E-state index in [0.29, 0.717) is 0 Å². The van der Waals surface area contributed by atoms with E-state index in [1.165, 1.54) is 0 Å². The van der Waals surface area contributed by atoms with Crippen LogP contribution in [0.2, 0.25) is 0 Å². The van der Waals surface area contributed by atoms with Gasteiger partial charge in [-0.1, -0.05) is 51.1 Å². The molecule has 96 valence electrons. The minimum atomic E-state index is -0.137. The van der Waals surface area contributed by atoms with Crippen molar-refractivity contribution in [2.45, 2.75) is 20.8 Å². The van der Waals surface area contributed by atoms with Crippen LogP contribution >= 0.6 is 0 Å². The second-order valence-corrected chi connectivity index (χ2v) is 5.23. The molecule has 0 spiro atoms. The zero-order chi connectivity index (χ0) is 14.5. The zero-order valence-electron chi connectivity index (χ0n) is 11.4. The Bertz CT molecular complexity index is 572. The Morgan fingerprint density at radius 2 is 1.63 bits per heavy atom. The normalized spacial score (nSPS) is 11.3. The van der Waals surface area contributed by atoms with Gasteiger partial charge >= 0.3 is 0 Å². The van der Waals surface area contributed by atoms with E-state index in [4.69, 9.17) is 16.3 Å². The summed E-state index contributed by atoms with van der Waals surface area (Å²) < 4.78 is 0. The van der Waals surface area contributed by atoms with Crippen LogP contribution in [0.3, 0.4) is 0 Å². The SMILES string of the molecule is CC(C)(C)/C(=C/C(N)=C(C#N)C#N)c1ccccc1. The highest BCUT2D eigenvalue weighted by atomic mass is 14.6. The van der Waals surface area contributed by atoms with Crippen molar-refractivity contribution in [2.24, 2.45) is 11.1 Å². The first kappa shape index (κ1) is 14.5. The Kier molecular flexibility index (Phi) is 4.51. The van der Waals surface area contributed by atoms with Crippen LogP contribution in [0.1, 0.15) is 26.3 Å². The molecular weight excluding hydrogens is 234 g/mol. The van der Waals surface area contributed by atoms with Gasteiger partial charge in [-0.15, -0.1) is 0 Å². The van der Waals surface area contributed by atoms with Crippen LogP contribution in [0.25, 0.3) is 5.57 Å². The zero-order valence-corrected chi connectivity index (χ0v) is 11.4. The molecule has 0 aromatic heterocycles. The highest BCUT2D eigenvalue weighted by molar-refractivity contribution is 5.72. The summed E-state index contributed by atoms with van der Waals surface area (Å²) in [7, 11) is 0. The maximum atomic E-state index is 8.84. The van der Waals surface area contributed by atoms with Crippen molar-refractivity contribution >= 4 is 5.57 Å². The molecule has 0 aliphatic rings. The van der Waals surface area contributed by atoms with Crippen molar-refractivity contribution in [3.63, 3.8) is 0 Å². The first-order valence-electron chi connectivity index (χ1n) is 5.97. The number of allylic oxidation sites excluding steroid dienone is 3. The second-order valence-electron chi connectivity index (χ2n) is 5.23. The number of hydrogen-bond acceptors (Lipinski definition) is 3. The second kappa shape index (κ2) is 5.89. The van der Waals surface area contributed by atoms with Crippen LogP contribution in [0.15, 0.2) is 47.7 Å². The average Bonchev–Trinajstić information content (AvgIpc) is 2.37. The molecule has 0 unspecified atom stereocenters. The Hall–Kier alpha value is -2.52. The third-order valence-electron chi connectivity index (χ3n) is 2.70. The summed E-state index contributed by atoms with van der Waals surface area (Å²) in [4.78, 5) is 0. The lowest BCUT2D eigenvalue weighted by Crippen LogP contribution is -2.10. The van der Waals surface area contributed by atoms with Gasteiger partial charge in [0.15, 0.2) is 5.57 Å². The number of nitrogens with zero attached hydrogens (tertiary/aromatic N) is 2. The predicted molar refractivity (Wildman–Crippen MR) is 76.3 cm³/mol. The molecule has 2 N–H and O–H groups in total. The van der Waals surface area contributed by atoms with E-state index in [9.17, 15) is 0 Å². The van der Waals surface area contributed by atoms with E-state index in [1.54, 1.807) is 6.08 Å². The standard InChI is InChI=1S/C16H17N3/c1-16(2,3)14(12-7-5-4-6-8-12)9-15(19)13(10-17)11-18/h4-9H,19H2,1-3H3/b14-9+. The summed E-state index contributed by atoms with van der Waals surface area (Å²) >= 11 is 0. The molecule has 3 heteroatoms. The van der Waals surface area contributed by atoms with Crippen LogP contribution in [-0.2, 0) is 0 Å². The lowest BCUT2D eigenvalue weighted by Gasteiger charge is -2.23. The molecule has 1 aromatic carbocycles. The van der Waals surface area contributed by atoms with Crippen molar-refractivity contribution in [3.05, 3.63) is 53.2 Å². The average molecular weight is 251 g/mol. The molecule has 0 heterocycles. The number of hydrogen-bond donors (Lipinski definition) is 1. The van der Waals surface area contributed by atoms with Gasteiger partial charge in [0.2, 0.25) is 0 Å². The summed E-state index contributed by atoms with van der Waals surface area (Å²) in [6.45, 7) is 6.20. The molecule has 0 fully saturated rings. The van der Waals surface area contributed by atoms with Crippen LogP contribution in [-0.4, -0.2) is 0 Å². The predicted octanol–water partition coefficient (Wildman–Crippen LogP) is 3.38. The van der Waals surface area contributed by atoms with Gasteiger partial charge in [0.25, 0.3) is 0 Å². The third-order valence-corrected chi connectivity index (χ3v) is 2.70. The van der Waals surface area contributed by atoms with Crippen molar-refractivity contribution < 1.29 is 0 Å². The number of benzene rings is 1. The molecule has 0 saturated heterocycles. The molecule has 0 aliphatic carbocycles. The summed E-state index contributed by atoms with van der Waals surface area (Å²) in [5, 5.41) is 17.7. The number of rotatable bonds is 2. The van der Waals surface area contributed by atoms with Gasteiger partial charge in [-0.2, -0.15) is 10.5 Å². The van der Waals surface area contributed by atoms with Crippen molar-refractivity contribution in [3.8, 4) is 12.1 Å². The van der Waals surface area contributed by atoms with E-state index in [0.717, 1.165) is 11.1 Å². The van der Waals surface area contributed by atoms with E-state index in [2.05, 4.69) is 20.8 Å². The summed E-state index contributed by atoms with van der Waals surface area (Å²) in [6, 6.07) is 13.4. The fourth-order valence-electron chi connectivity index (χ4n) is 1.73. The van der Waals surface area contributed by atoms with Gasteiger partial charge in [-0.3, -0.25) is 0 Å². The number of nitriles is 2. The highest BCUT2D eigenvalue weighted by Gasteiger charge is 2.19. The monoisotopic (exact) mass is 251 g/mol. The third kappa shape index (κ3) is 3.72. The summed E-state index contributed by atoms with van der Waals surface area (Å²) in [5.74, 6) is 0. The van der Waals surface area contributed by atoms with Gasteiger partial charge < -0.3 is 5.73 Å². The largest absolute Gasteiger partial charge is 0.397 e. The molecule has 1 aromatic rings. The molecule has 19 heavy (non-hydrogen) atoms. The summed E-state index contributed by atoms with van der Waals surface area (Å²) in [6.07, 6.45) is 1.72. The molecule has 0 amide bonds. The van der Waals surface area contributed by atoms with Crippen LogP contribution in [0.5, 0.6) is 0 Å². The lowest BCUT2D eigenvalue weighted by atomic mass is 9.81. The van der Waals surface area contributed by atoms with Crippen molar-refractivity contribution in [2.75, 3.05) is 0 Å². The molecule has 1 rings (SSSR count). The topological polar surface area (TPSA) is 73.6 Å². The molecule has 3 nitrogen and oxygen atoms in total. The fourth-order valence-corrected chi connectivity index (χ4v) is 1.73. The Labute approximate surface area is 114 Å². The Balaban J connectivity index is 3.42. The minimum absolute atomic E-state index is 0.0577. The minimum Gasteiger partial charge on any atom is -0.397 e. The smallest absolute Gasteiger partial charge is 0.152 e. The first-order valence-corrected chi connectivity index (χ1v) is 5.97.